The van der Waals surface area contributed by atoms with Crippen LogP contribution in [0.3, 0.4) is 0 Å². The van der Waals surface area contributed by atoms with Crippen molar-refractivity contribution in [2.75, 3.05) is 0 Å². The lowest BCUT2D eigenvalue weighted by Crippen LogP contribution is -2.51. The van der Waals surface area contributed by atoms with Gasteiger partial charge in [0.1, 0.15) is 0 Å². The molecule has 2 fully saturated rings. The first kappa shape index (κ1) is 24.7. The van der Waals surface area contributed by atoms with Gasteiger partial charge in [-0.1, -0.05) is 58.8 Å². The first-order chi connectivity index (χ1) is 13.9. The molecule has 29 heavy (non-hydrogen) atoms. The molecular weight excluding hydrogens is 358 g/mol. The van der Waals surface area contributed by atoms with Gasteiger partial charge < -0.3 is 17.2 Å². The number of amides is 1. The topological polar surface area (TPSA) is 95.1 Å². The van der Waals surface area contributed by atoms with Crippen LogP contribution in [0.1, 0.15) is 117 Å². The molecule has 0 saturated heterocycles. The Hall–Kier alpha value is -0.610. The smallest absolute Gasteiger partial charge is 0.223 e. The van der Waals surface area contributed by atoms with Gasteiger partial charge in [0.05, 0.1) is 5.41 Å². The van der Waals surface area contributed by atoms with Crippen molar-refractivity contribution < 1.29 is 4.79 Å². The van der Waals surface area contributed by atoms with Crippen LogP contribution in [0.2, 0.25) is 0 Å². The summed E-state index contributed by atoms with van der Waals surface area (Å²) in [5.41, 5.74) is 18.1. The first-order valence-electron chi connectivity index (χ1n) is 12.7. The Morgan fingerprint density at radius 3 is 1.83 bits per heavy atom. The number of carbonyl (C=O) groups excluding carboxylic acids is 1. The largest absolute Gasteiger partial charge is 0.369 e. The van der Waals surface area contributed by atoms with Crippen LogP contribution in [0.4, 0.5) is 0 Å². The summed E-state index contributed by atoms with van der Waals surface area (Å²) in [6, 6.07) is 0.649. The molecule has 2 unspecified atom stereocenters. The van der Waals surface area contributed by atoms with Crippen molar-refractivity contribution in [1.29, 1.82) is 0 Å². The second-order valence-electron chi connectivity index (χ2n) is 10.4. The molecule has 170 valence electrons. The summed E-state index contributed by atoms with van der Waals surface area (Å²) in [5.74, 6) is 1.33. The second kappa shape index (κ2) is 12.3. The van der Waals surface area contributed by atoms with Gasteiger partial charge in [0.25, 0.3) is 0 Å². The van der Waals surface area contributed by atoms with Crippen LogP contribution in [0.15, 0.2) is 0 Å². The van der Waals surface area contributed by atoms with E-state index in [-0.39, 0.29) is 5.91 Å². The van der Waals surface area contributed by atoms with Crippen LogP contribution in [-0.4, -0.2) is 18.0 Å². The standard InChI is InChI=1S/C25H49N3O/c1-3-4-5-6-7-8-9-10-23(19-11-15-21(26)16-12-19)25(2,24(28)29)20-13-17-22(27)18-14-20/h19-23H,3-18,26-27H2,1-2H3,(H2,28,29). The molecule has 0 aliphatic heterocycles. The van der Waals surface area contributed by atoms with Crippen molar-refractivity contribution in [3.8, 4) is 0 Å². The molecule has 2 saturated carbocycles. The summed E-state index contributed by atoms with van der Waals surface area (Å²) in [6.07, 6.45) is 19.1. The van der Waals surface area contributed by atoms with Crippen molar-refractivity contribution in [2.24, 2.45) is 40.4 Å². The highest BCUT2D eigenvalue weighted by Crippen LogP contribution is 2.50. The van der Waals surface area contributed by atoms with Crippen molar-refractivity contribution in [2.45, 2.75) is 129 Å². The highest BCUT2D eigenvalue weighted by Gasteiger charge is 2.49. The van der Waals surface area contributed by atoms with E-state index >= 15 is 0 Å². The Morgan fingerprint density at radius 2 is 1.31 bits per heavy atom. The van der Waals surface area contributed by atoms with Crippen LogP contribution in [0, 0.1) is 23.2 Å². The third kappa shape index (κ3) is 6.95. The molecule has 0 bridgehead atoms. The molecule has 2 rings (SSSR count). The Balaban J connectivity index is 2.05. The number of unbranched alkanes of at least 4 members (excludes halogenated alkanes) is 6. The Bertz CT molecular complexity index is 467. The number of rotatable bonds is 12. The van der Waals surface area contributed by atoms with Gasteiger partial charge in [-0.15, -0.1) is 0 Å². The lowest BCUT2D eigenvalue weighted by atomic mass is 9.56. The van der Waals surface area contributed by atoms with Crippen LogP contribution in [-0.2, 0) is 4.79 Å². The van der Waals surface area contributed by atoms with E-state index in [1.54, 1.807) is 0 Å². The van der Waals surface area contributed by atoms with E-state index < -0.39 is 5.41 Å². The third-order valence-electron chi connectivity index (χ3n) is 8.43. The fraction of sp³-hybridized carbons (Fsp3) is 0.960. The molecule has 0 aromatic carbocycles. The number of hydrogen-bond donors (Lipinski definition) is 3. The molecule has 4 nitrogen and oxygen atoms in total. The lowest BCUT2D eigenvalue weighted by Gasteiger charge is -2.48. The van der Waals surface area contributed by atoms with Gasteiger partial charge >= 0.3 is 0 Å². The monoisotopic (exact) mass is 407 g/mol. The minimum absolute atomic E-state index is 0.0687. The minimum atomic E-state index is -0.394. The quantitative estimate of drug-likeness (QED) is 0.384. The Morgan fingerprint density at radius 1 is 0.828 bits per heavy atom. The van der Waals surface area contributed by atoms with Gasteiger partial charge in [-0.05, 0) is 75.5 Å². The summed E-state index contributed by atoms with van der Waals surface area (Å²) in [5, 5.41) is 0. The third-order valence-corrected chi connectivity index (χ3v) is 8.43. The lowest BCUT2D eigenvalue weighted by molar-refractivity contribution is -0.138. The molecule has 0 heterocycles. The predicted molar refractivity (Wildman–Crippen MR) is 123 cm³/mol. The molecule has 1 amide bonds. The zero-order chi connectivity index (χ0) is 21.3. The van der Waals surface area contributed by atoms with E-state index in [0.29, 0.717) is 29.8 Å². The summed E-state index contributed by atoms with van der Waals surface area (Å²) < 4.78 is 0. The molecule has 0 aromatic heterocycles. The maximum Gasteiger partial charge on any atom is 0.223 e. The summed E-state index contributed by atoms with van der Waals surface area (Å²) in [7, 11) is 0. The Kier molecular flexibility index (Phi) is 10.5. The summed E-state index contributed by atoms with van der Waals surface area (Å²) >= 11 is 0. The highest BCUT2D eigenvalue weighted by atomic mass is 16.1. The second-order valence-corrected chi connectivity index (χ2v) is 10.4. The van der Waals surface area contributed by atoms with E-state index in [1.807, 2.05) is 0 Å². The molecule has 2 atom stereocenters. The van der Waals surface area contributed by atoms with E-state index in [4.69, 9.17) is 17.2 Å². The van der Waals surface area contributed by atoms with Gasteiger partial charge in [-0.25, -0.2) is 0 Å². The molecule has 0 aromatic rings. The number of nitrogens with two attached hydrogens (primary N) is 3. The molecular formula is C25H49N3O. The zero-order valence-corrected chi connectivity index (χ0v) is 19.3. The van der Waals surface area contributed by atoms with Gasteiger partial charge in [0.2, 0.25) is 5.91 Å². The van der Waals surface area contributed by atoms with E-state index in [2.05, 4.69) is 13.8 Å². The van der Waals surface area contributed by atoms with Crippen molar-refractivity contribution >= 4 is 5.91 Å². The van der Waals surface area contributed by atoms with Crippen LogP contribution >= 0.6 is 0 Å². The van der Waals surface area contributed by atoms with Crippen molar-refractivity contribution in [1.82, 2.24) is 0 Å². The molecule has 6 N–H and O–H groups in total. The van der Waals surface area contributed by atoms with E-state index in [1.165, 1.54) is 44.9 Å². The number of primary amides is 1. The maximum atomic E-state index is 12.9. The van der Waals surface area contributed by atoms with E-state index in [0.717, 1.165) is 57.8 Å². The van der Waals surface area contributed by atoms with Crippen molar-refractivity contribution in [3.05, 3.63) is 0 Å². The van der Waals surface area contributed by atoms with Crippen LogP contribution in [0.25, 0.3) is 0 Å². The SMILES string of the molecule is CCCCCCCCCC(C1CCC(N)CC1)C(C)(C(N)=O)C1CCC(N)CC1. The van der Waals surface area contributed by atoms with Gasteiger partial charge in [-0.3, -0.25) is 4.79 Å². The van der Waals surface area contributed by atoms with Gasteiger partial charge in [0, 0.05) is 12.1 Å². The summed E-state index contributed by atoms with van der Waals surface area (Å²) in [4.78, 5) is 12.9. The molecule has 4 heteroatoms. The average molecular weight is 408 g/mol. The van der Waals surface area contributed by atoms with Gasteiger partial charge in [-0.2, -0.15) is 0 Å². The summed E-state index contributed by atoms with van der Waals surface area (Å²) in [6.45, 7) is 4.47. The van der Waals surface area contributed by atoms with Gasteiger partial charge in [0.15, 0.2) is 0 Å². The predicted octanol–water partition coefficient (Wildman–Crippen LogP) is 5.27. The average Bonchev–Trinajstić information content (AvgIpc) is 2.71. The minimum Gasteiger partial charge on any atom is -0.369 e. The Labute approximate surface area is 180 Å². The molecule has 2 aliphatic carbocycles. The maximum absolute atomic E-state index is 12.9. The molecule has 0 spiro atoms. The molecule has 0 radical (unpaired) electrons. The highest BCUT2D eigenvalue weighted by molar-refractivity contribution is 5.81. The fourth-order valence-corrected chi connectivity index (χ4v) is 6.30. The first-order valence-corrected chi connectivity index (χ1v) is 12.7. The number of carbonyl (C=O) groups is 1. The normalized spacial score (nSPS) is 31.2. The van der Waals surface area contributed by atoms with Crippen molar-refractivity contribution in [3.63, 3.8) is 0 Å². The fourth-order valence-electron chi connectivity index (χ4n) is 6.30. The van der Waals surface area contributed by atoms with Crippen LogP contribution < -0.4 is 17.2 Å². The van der Waals surface area contributed by atoms with E-state index in [9.17, 15) is 4.79 Å². The molecule has 2 aliphatic rings. The number of hydrogen-bond acceptors (Lipinski definition) is 3. The van der Waals surface area contributed by atoms with Crippen LogP contribution in [0.5, 0.6) is 0 Å². The zero-order valence-electron chi connectivity index (χ0n) is 19.3.